The standard InChI is InChI=1S/C15H13BrClNO2/c1-20-12-5-2-10(3-6-12)9-18-15(19)13-8-11(17)4-7-14(13)16/h2-8H,9H2,1H3,(H,18,19). The van der Waals surface area contributed by atoms with Crippen LogP contribution >= 0.6 is 27.5 Å². The molecule has 2 aromatic rings. The third-order valence-corrected chi connectivity index (χ3v) is 3.71. The molecule has 0 unspecified atom stereocenters. The van der Waals surface area contributed by atoms with E-state index in [-0.39, 0.29) is 5.91 Å². The van der Waals surface area contributed by atoms with Crippen LogP contribution in [0.15, 0.2) is 46.9 Å². The average molecular weight is 355 g/mol. The third kappa shape index (κ3) is 3.74. The van der Waals surface area contributed by atoms with Crippen molar-refractivity contribution in [2.24, 2.45) is 0 Å². The quantitative estimate of drug-likeness (QED) is 0.900. The molecule has 0 radical (unpaired) electrons. The lowest BCUT2D eigenvalue weighted by molar-refractivity contribution is 0.0950. The molecule has 104 valence electrons. The number of amides is 1. The van der Waals surface area contributed by atoms with Crippen molar-refractivity contribution in [2.75, 3.05) is 7.11 Å². The van der Waals surface area contributed by atoms with Crippen molar-refractivity contribution in [1.82, 2.24) is 5.32 Å². The average Bonchev–Trinajstić information content (AvgIpc) is 2.47. The van der Waals surface area contributed by atoms with E-state index in [9.17, 15) is 4.79 Å². The molecule has 0 heterocycles. The zero-order chi connectivity index (χ0) is 14.5. The number of hydrogen-bond donors (Lipinski definition) is 1. The first-order chi connectivity index (χ1) is 9.60. The monoisotopic (exact) mass is 353 g/mol. The Morgan fingerprint density at radius 3 is 2.60 bits per heavy atom. The molecule has 0 spiro atoms. The first-order valence-electron chi connectivity index (χ1n) is 5.96. The van der Waals surface area contributed by atoms with Gasteiger partial charge in [-0.2, -0.15) is 0 Å². The van der Waals surface area contributed by atoms with Crippen LogP contribution in [0.4, 0.5) is 0 Å². The van der Waals surface area contributed by atoms with Gasteiger partial charge in [0.2, 0.25) is 0 Å². The summed E-state index contributed by atoms with van der Waals surface area (Å²) in [4.78, 5) is 12.1. The van der Waals surface area contributed by atoms with Gasteiger partial charge in [-0.15, -0.1) is 0 Å². The Labute approximate surface area is 131 Å². The van der Waals surface area contributed by atoms with Crippen molar-refractivity contribution in [3.05, 3.63) is 63.1 Å². The van der Waals surface area contributed by atoms with E-state index < -0.39 is 0 Å². The van der Waals surface area contributed by atoms with Gasteiger partial charge in [0.1, 0.15) is 5.75 Å². The second-order valence-electron chi connectivity index (χ2n) is 4.15. The lowest BCUT2D eigenvalue weighted by Crippen LogP contribution is -2.23. The zero-order valence-electron chi connectivity index (χ0n) is 10.8. The van der Waals surface area contributed by atoms with Gasteiger partial charge in [-0.05, 0) is 51.8 Å². The molecule has 0 atom stereocenters. The molecule has 2 aromatic carbocycles. The maximum absolute atomic E-state index is 12.1. The third-order valence-electron chi connectivity index (χ3n) is 2.79. The van der Waals surface area contributed by atoms with Gasteiger partial charge in [0.15, 0.2) is 0 Å². The van der Waals surface area contributed by atoms with Crippen LogP contribution in [-0.2, 0) is 6.54 Å². The molecule has 0 fully saturated rings. The highest BCUT2D eigenvalue weighted by Gasteiger charge is 2.10. The molecule has 0 aliphatic heterocycles. The van der Waals surface area contributed by atoms with E-state index in [0.717, 1.165) is 11.3 Å². The molecule has 1 N–H and O–H groups in total. The predicted octanol–water partition coefficient (Wildman–Crippen LogP) is 4.04. The lowest BCUT2D eigenvalue weighted by Gasteiger charge is -2.08. The lowest BCUT2D eigenvalue weighted by atomic mass is 10.2. The van der Waals surface area contributed by atoms with Crippen molar-refractivity contribution in [3.8, 4) is 5.75 Å². The van der Waals surface area contributed by atoms with E-state index in [0.29, 0.717) is 21.6 Å². The fraction of sp³-hybridized carbons (Fsp3) is 0.133. The van der Waals surface area contributed by atoms with E-state index in [1.54, 1.807) is 25.3 Å². The number of hydrogen-bond acceptors (Lipinski definition) is 2. The van der Waals surface area contributed by atoms with Gasteiger partial charge in [0.05, 0.1) is 12.7 Å². The van der Waals surface area contributed by atoms with Crippen LogP contribution in [0.25, 0.3) is 0 Å². The van der Waals surface area contributed by atoms with Gasteiger partial charge >= 0.3 is 0 Å². The highest BCUT2D eigenvalue weighted by Crippen LogP contribution is 2.21. The summed E-state index contributed by atoms with van der Waals surface area (Å²) < 4.78 is 5.80. The Kier molecular flexibility index (Phi) is 5.04. The Morgan fingerprint density at radius 1 is 1.25 bits per heavy atom. The van der Waals surface area contributed by atoms with Gasteiger partial charge in [-0.25, -0.2) is 0 Å². The fourth-order valence-corrected chi connectivity index (χ4v) is 2.29. The summed E-state index contributed by atoms with van der Waals surface area (Å²) in [7, 11) is 1.62. The van der Waals surface area contributed by atoms with E-state index in [2.05, 4.69) is 21.2 Å². The van der Waals surface area contributed by atoms with Gasteiger partial charge in [0, 0.05) is 16.0 Å². The molecule has 2 rings (SSSR count). The first-order valence-corrected chi connectivity index (χ1v) is 7.13. The number of carbonyl (C=O) groups is 1. The normalized spacial score (nSPS) is 10.2. The molecular formula is C15H13BrClNO2. The van der Waals surface area contributed by atoms with Crippen LogP contribution in [-0.4, -0.2) is 13.0 Å². The van der Waals surface area contributed by atoms with Crippen molar-refractivity contribution in [1.29, 1.82) is 0 Å². The van der Waals surface area contributed by atoms with Crippen LogP contribution in [0, 0.1) is 0 Å². The molecule has 0 saturated carbocycles. The van der Waals surface area contributed by atoms with Crippen molar-refractivity contribution < 1.29 is 9.53 Å². The van der Waals surface area contributed by atoms with Gasteiger partial charge in [0.25, 0.3) is 5.91 Å². The zero-order valence-corrected chi connectivity index (χ0v) is 13.2. The summed E-state index contributed by atoms with van der Waals surface area (Å²) in [5, 5.41) is 3.38. The van der Waals surface area contributed by atoms with Crippen LogP contribution < -0.4 is 10.1 Å². The van der Waals surface area contributed by atoms with Crippen molar-refractivity contribution in [2.45, 2.75) is 6.54 Å². The number of methoxy groups -OCH3 is 1. The van der Waals surface area contributed by atoms with Crippen LogP contribution in [0.5, 0.6) is 5.75 Å². The summed E-state index contributed by atoms with van der Waals surface area (Å²) in [6, 6.07) is 12.7. The molecule has 3 nitrogen and oxygen atoms in total. The van der Waals surface area contributed by atoms with Gasteiger partial charge < -0.3 is 10.1 Å². The number of nitrogens with one attached hydrogen (secondary N) is 1. The Bertz CT molecular complexity index is 614. The minimum atomic E-state index is -0.171. The maximum Gasteiger partial charge on any atom is 0.252 e. The molecule has 1 amide bonds. The number of benzene rings is 2. The van der Waals surface area contributed by atoms with Gasteiger partial charge in [-0.1, -0.05) is 23.7 Å². The van der Waals surface area contributed by atoms with Crippen LogP contribution in [0.1, 0.15) is 15.9 Å². The first kappa shape index (κ1) is 14.9. The Balaban J connectivity index is 2.02. The Morgan fingerprint density at radius 2 is 1.95 bits per heavy atom. The van der Waals surface area contributed by atoms with E-state index >= 15 is 0 Å². The minimum Gasteiger partial charge on any atom is -0.497 e. The molecular weight excluding hydrogens is 342 g/mol. The van der Waals surface area contributed by atoms with Gasteiger partial charge in [-0.3, -0.25) is 4.79 Å². The number of rotatable bonds is 4. The van der Waals surface area contributed by atoms with Crippen molar-refractivity contribution in [3.63, 3.8) is 0 Å². The Hall–Kier alpha value is -1.52. The number of carbonyl (C=O) groups excluding carboxylic acids is 1. The number of halogens is 2. The summed E-state index contributed by atoms with van der Waals surface area (Å²) in [6.45, 7) is 0.446. The van der Waals surface area contributed by atoms with Crippen LogP contribution in [0.2, 0.25) is 5.02 Å². The molecule has 0 aliphatic rings. The summed E-state index contributed by atoms with van der Waals surface area (Å²) >= 11 is 9.24. The predicted molar refractivity (Wildman–Crippen MR) is 83.3 cm³/mol. The maximum atomic E-state index is 12.1. The highest BCUT2D eigenvalue weighted by molar-refractivity contribution is 9.10. The second-order valence-corrected chi connectivity index (χ2v) is 5.45. The summed E-state index contributed by atoms with van der Waals surface area (Å²) in [5.74, 6) is 0.618. The largest absolute Gasteiger partial charge is 0.497 e. The van der Waals surface area contributed by atoms with E-state index in [4.69, 9.17) is 16.3 Å². The second kappa shape index (κ2) is 6.77. The smallest absolute Gasteiger partial charge is 0.252 e. The molecule has 0 aliphatic carbocycles. The molecule has 0 saturated heterocycles. The SMILES string of the molecule is COc1ccc(CNC(=O)c2cc(Cl)ccc2Br)cc1. The van der Waals surface area contributed by atoms with Crippen molar-refractivity contribution >= 4 is 33.4 Å². The fourth-order valence-electron chi connectivity index (χ4n) is 1.69. The summed E-state index contributed by atoms with van der Waals surface area (Å²) in [6.07, 6.45) is 0. The number of ether oxygens (including phenoxy) is 1. The topological polar surface area (TPSA) is 38.3 Å². The van der Waals surface area contributed by atoms with Crippen LogP contribution in [0.3, 0.4) is 0 Å². The minimum absolute atomic E-state index is 0.171. The molecule has 0 bridgehead atoms. The van der Waals surface area contributed by atoms with E-state index in [1.165, 1.54) is 0 Å². The summed E-state index contributed by atoms with van der Waals surface area (Å²) in [5.41, 5.74) is 1.52. The molecule has 20 heavy (non-hydrogen) atoms. The van der Waals surface area contributed by atoms with E-state index in [1.807, 2.05) is 24.3 Å². The molecule has 0 aromatic heterocycles. The molecule has 5 heteroatoms. The highest BCUT2D eigenvalue weighted by atomic mass is 79.9.